The van der Waals surface area contributed by atoms with Crippen LogP contribution in [0.3, 0.4) is 0 Å². The molecule has 0 spiro atoms. The van der Waals surface area contributed by atoms with Gasteiger partial charge in [-0.2, -0.15) is 10.2 Å². The molecule has 1 N–H and O–H groups in total. The summed E-state index contributed by atoms with van der Waals surface area (Å²) >= 11 is 0. The van der Waals surface area contributed by atoms with Gasteiger partial charge in [0.1, 0.15) is 5.76 Å². The molecule has 4 heterocycles. The van der Waals surface area contributed by atoms with Gasteiger partial charge < -0.3 is 9.73 Å². The largest absolute Gasteiger partial charge is 0.455 e. The van der Waals surface area contributed by atoms with Crippen LogP contribution in [0.25, 0.3) is 0 Å². The summed E-state index contributed by atoms with van der Waals surface area (Å²) in [4.78, 5) is 14.7. The summed E-state index contributed by atoms with van der Waals surface area (Å²) in [6, 6.07) is 3.60. The lowest BCUT2D eigenvalue weighted by Crippen LogP contribution is -2.17. The molecule has 0 unspecified atom stereocenters. The zero-order valence-electron chi connectivity index (χ0n) is 15.5. The molecule has 0 saturated carbocycles. The Morgan fingerprint density at radius 2 is 1.93 bits per heavy atom. The van der Waals surface area contributed by atoms with Crippen LogP contribution in [0.15, 0.2) is 41.3 Å². The smallest absolute Gasteiger partial charge is 0.291 e. The summed E-state index contributed by atoms with van der Waals surface area (Å²) in [7, 11) is 0. The van der Waals surface area contributed by atoms with Crippen molar-refractivity contribution < 1.29 is 9.21 Å². The minimum absolute atomic E-state index is 0.263. The van der Waals surface area contributed by atoms with E-state index in [2.05, 4.69) is 20.4 Å². The number of hydrogen-bond donors (Lipinski definition) is 1. The predicted molar refractivity (Wildman–Crippen MR) is 100 cm³/mol. The molecule has 0 atom stereocenters. The van der Waals surface area contributed by atoms with E-state index in [1.54, 1.807) is 23.1 Å². The van der Waals surface area contributed by atoms with Gasteiger partial charge in [-0.05, 0) is 45.0 Å². The molecule has 1 amide bonds. The van der Waals surface area contributed by atoms with Crippen molar-refractivity contribution in [2.45, 2.75) is 39.4 Å². The molecule has 1 saturated heterocycles. The summed E-state index contributed by atoms with van der Waals surface area (Å²) in [5, 5.41) is 11.4. The molecular weight excluding hydrogens is 344 g/mol. The molecule has 0 bridgehead atoms. The van der Waals surface area contributed by atoms with Crippen molar-refractivity contribution >= 4 is 11.6 Å². The lowest BCUT2D eigenvalue weighted by atomic mass is 10.3. The molecule has 4 rings (SSSR count). The quantitative estimate of drug-likeness (QED) is 0.693. The minimum atomic E-state index is -0.263. The molecule has 8 nitrogen and oxygen atoms in total. The number of nitrogens with zero attached hydrogens (tertiary/aromatic N) is 5. The Morgan fingerprint density at radius 3 is 2.70 bits per heavy atom. The third-order valence-corrected chi connectivity index (χ3v) is 4.71. The van der Waals surface area contributed by atoms with Crippen LogP contribution < -0.4 is 5.32 Å². The maximum Gasteiger partial charge on any atom is 0.291 e. The first-order valence-electron chi connectivity index (χ1n) is 9.36. The van der Waals surface area contributed by atoms with Gasteiger partial charge in [-0.15, -0.1) is 0 Å². The van der Waals surface area contributed by atoms with Crippen LogP contribution in [0.1, 0.15) is 41.6 Å². The maximum absolute atomic E-state index is 12.4. The molecule has 0 aromatic carbocycles. The van der Waals surface area contributed by atoms with Crippen molar-refractivity contribution in [2.24, 2.45) is 0 Å². The number of rotatable bonds is 7. The SMILES string of the molecule is CCn1cc(Cn2cc(NC(=O)c3ccc(CN4CCCC4)o3)cn2)cn1. The zero-order chi connectivity index (χ0) is 18.6. The number of amides is 1. The molecule has 0 radical (unpaired) electrons. The van der Waals surface area contributed by atoms with Gasteiger partial charge in [0.15, 0.2) is 5.76 Å². The van der Waals surface area contributed by atoms with Crippen molar-refractivity contribution in [2.75, 3.05) is 18.4 Å². The zero-order valence-corrected chi connectivity index (χ0v) is 15.5. The van der Waals surface area contributed by atoms with Crippen LogP contribution in [0.5, 0.6) is 0 Å². The topological polar surface area (TPSA) is 81.1 Å². The second-order valence-electron chi connectivity index (χ2n) is 6.83. The lowest BCUT2D eigenvalue weighted by Gasteiger charge is -2.11. The summed E-state index contributed by atoms with van der Waals surface area (Å²) in [6.07, 6.45) is 9.72. The molecule has 27 heavy (non-hydrogen) atoms. The Morgan fingerprint density at radius 1 is 1.11 bits per heavy atom. The third kappa shape index (κ3) is 4.28. The number of aromatic nitrogens is 4. The van der Waals surface area contributed by atoms with Crippen LogP contribution in [-0.4, -0.2) is 43.5 Å². The highest BCUT2D eigenvalue weighted by Gasteiger charge is 2.16. The number of carbonyl (C=O) groups excluding carboxylic acids is 1. The second-order valence-corrected chi connectivity index (χ2v) is 6.83. The van der Waals surface area contributed by atoms with Gasteiger partial charge in [0.2, 0.25) is 0 Å². The number of anilines is 1. The highest BCUT2D eigenvalue weighted by molar-refractivity contribution is 6.02. The fourth-order valence-electron chi connectivity index (χ4n) is 3.30. The van der Waals surface area contributed by atoms with Crippen molar-refractivity contribution in [1.29, 1.82) is 0 Å². The van der Waals surface area contributed by atoms with Gasteiger partial charge in [-0.3, -0.25) is 19.1 Å². The van der Waals surface area contributed by atoms with E-state index < -0.39 is 0 Å². The summed E-state index contributed by atoms with van der Waals surface area (Å²) in [5.41, 5.74) is 1.70. The van der Waals surface area contributed by atoms with Gasteiger partial charge in [-0.1, -0.05) is 0 Å². The molecule has 3 aromatic rings. The summed E-state index contributed by atoms with van der Waals surface area (Å²) in [5.74, 6) is 0.882. The average molecular weight is 368 g/mol. The minimum Gasteiger partial charge on any atom is -0.455 e. The van der Waals surface area contributed by atoms with Gasteiger partial charge >= 0.3 is 0 Å². The van der Waals surface area contributed by atoms with E-state index in [4.69, 9.17) is 4.42 Å². The van der Waals surface area contributed by atoms with Crippen LogP contribution in [0.2, 0.25) is 0 Å². The fraction of sp³-hybridized carbons (Fsp3) is 0.421. The maximum atomic E-state index is 12.4. The standard InChI is InChI=1S/C19H24N6O2/c1-2-24-11-15(9-20-24)12-25-13-16(10-21-25)22-19(26)18-6-5-17(27-18)14-23-7-3-4-8-23/h5-6,9-11,13H,2-4,7-8,12,14H2,1H3,(H,22,26). The van der Waals surface area contributed by atoms with Crippen molar-refractivity contribution in [3.8, 4) is 0 Å². The van der Waals surface area contributed by atoms with Crippen LogP contribution in [0, 0.1) is 0 Å². The Kier molecular flexibility index (Phi) is 5.06. The number of likely N-dealkylation sites (tertiary alicyclic amines) is 1. The Bertz CT molecular complexity index is 903. The fourth-order valence-corrected chi connectivity index (χ4v) is 3.30. The Balaban J connectivity index is 1.34. The summed E-state index contributed by atoms with van der Waals surface area (Å²) < 4.78 is 9.35. The highest BCUT2D eigenvalue weighted by Crippen LogP contribution is 2.16. The highest BCUT2D eigenvalue weighted by atomic mass is 16.4. The monoisotopic (exact) mass is 368 g/mol. The third-order valence-electron chi connectivity index (χ3n) is 4.71. The molecular formula is C19H24N6O2. The number of hydrogen-bond acceptors (Lipinski definition) is 5. The van der Waals surface area contributed by atoms with E-state index in [9.17, 15) is 4.79 Å². The molecule has 1 aliphatic heterocycles. The van der Waals surface area contributed by atoms with Gasteiger partial charge in [0.25, 0.3) is 5.91 Å². The average Bonchev–Trinajstić information content (AvgIpc) is 3.43. The number of carbonyl (C=O) groups is 1. The first kappa shape index (κ1) is 17.5. The van der Waals surface area contributed by atoms with Gasteiger partial charge in [0.05, 0.1) is 31.2 Å². The lowest BCUT2D eigenvalue weighted by molar-refractivity contribution is 0.0993. The Labute approximate surface area is 157 Å². The number of furan rings is 1. The number of aryl methyl sites for hydroxylation is 1. The Hall–Kier alpha value is -2.87. The number of nitrogens with one attached hydrogen (secondary N) is 1. The second kappa shape index (κ2) is 7.79. The van der Waals surface area contributed by atoms with Crippen molar-refractivity contribution in [3.05, 3.63) is 54.0 Å². The van der Waals surface area contributed by atoms with Crippen molar-refractivity contribution in [1.82, 2.24) is 24.5 Å². The molecule has 3 aromatic heterocycles. The van der Waals surface area contributed by atoms with Crippen LogP contribution in [0.4, 0.5) is 5.69 Å². The summed E-state index contributed by atoms with van der Waals surface area (Å²) in [6.45, 7) is 6.44. The van der Waals surface area contributed by atoms with Crippen LogP contribution >= 0.6 is 0 Å². The molecule has 142 valence electrons. The molecule has 1 aliphatic rings. The van der Waals surface area contributed by atoms with E-state index in [0.717, 1.165) is 37.5 Å². The van der Waals surface area contributed by atoms with Gasteiger partial charge in [-0.25, -0.2) is 0 Å². The first-order valence-corrected chi connectivity index (χ1v) is 9.36. The molecule has 1 fully saturated rings. The van der Waals surface area contributed by atoms with E-state index in [0.29, 0.717) is 18.0 Å². The van der Waals surface area contributed by atoms with E-state index in [1.165, 1.54) is 12.8 Å². The van der Waals surface area contributed by atoms with Gasteiger partial charge in [0, 0.05) is 24.5 Å². The predicted octanol–water partition coefficient (Wildman–Crippen LogP) is 2.59. The van der Waals surface area contributed by atoms with E-state index in [-0.39, 0.29) is 5.91 Å². The van der Waals surface area contributed by atoms with Crippen molar-refractivity contribution in [3.63, 3.8) is 0 Å². The van der Waals surface area contributed by atoms with E-state index in [1.807, 2.05) is 30.1 Å². The molecule has 0 aliphatic carbocycles. The molecule has 8 heteroatoms. The first-order chi connectivity index (χ1) is 13.2. The normalized spacial score (nSPS) is 14.7. The van der Waals surface area contributed by atoms with E-state index >= 15 is 0 Å². The van der Waals surface area contributed by atoms with Crippen LogP contribution in [-0.2, 0) is 19.6 Å².